The second kappa shape index (κ2) is 7.07. The largest absolute Gasteiger partial charge is 0.320 e. The molecule has 5 nitrogen and oxygen atoms in total. The third kappa shape index (κ3) is 3.30. The third-order valence-electron chi connectivity index (χ3n) is 4.13. The molecule has 0 spiro atoms. The molecule has 2 aromatic heterocycles. The first-order chi connectivity index (χ1) is 13.0. The van der Waals surface area contributed by atoms with E-state index in [4.69, 9.17) is 0 Å². The predicted molar refractivity (Wildman–Crippen MR) is 96.9 cm³/mol. The van der Waals surface area contributed by atoms with Crippen molar-refractivity contribution in [2.75, 3.05) is 0 Å². The van der Waals surface area contributed by atoms with Crippen LogP contribution >= 0.6 is 11.8 Å². The molecule has 4 rings (SSSR count). The number of fused-ring (bicyclic) bond motifs is 1. The maximum absolute atomic E-state index is 13.5. The summed E-state index contributed by atoms with van der Waals surface area (Å²) in [6, 6.07) is 12.7. The van der Waals surface area contributed by atoms with E-state index in [1.807, 2.05) is 0 Å². The summed E-state index contributed by atoms with van der Waals surface area (Å²) in [5.41, 5.74) is 1.64. The first kappa shape index (κ1) is 17.6. The zero-order valence-corrected chi connectivity index (χ0v) is 15.0. The smallest absolute Gasteiger partial charge is 0.305 e. The number of alkyl halides is 2. The van der Waals surface area contributed by atoms with Gasteiger partial charge in [0, 0.05) is 12.6 Å². The minimum Gasteiger partial charge on any atom is -0.305 e. The number of hydrogen-bond acceptors (Lipinski definition) is 4. The zero-order chi connectivity index (χ0) is 19.0. The molecule has 2 aromatic carbocycles. The van der Waals surface area contributed by atoms with E-state index in [0.29, 0.717) is 22.0 Å². The van der Waals surface area contributed by atoms with Crippen molar-refractivity contribution in [1.29, 1.82) is 0 Å². The van der Waals surface area contributed by atoms with Crippen LogP contribution in [0.3, 0.4) is 0 Å². The van der Waals surface area contributed by atoms with Crippen LogP contribution in [-0.4, -0.2) is 24.3 Å². The number of nitrogens with zero attached hydrogens (tertiary/aromatic N) is 5. The first-order valence-corrected chi connectivity index (χ1v) is 9.05. The zero-order valence-electron chi connectivity index (χ0n) is 14.2. The lowest BCUT2D eigenvalue weighted by molar-refractivity contribution is 0.0722. The van der Waals surface area contributed by atoms with Crippen LogP contribution in [0.25, 0.3) is 22.4 Å². The summed E-state index contributed by atoms with van der Waals surface area (Å²) in [7, 11) is 1.77. The molecule has 4 aromatic rings. The number of halogens is 3. The molecule has 0 aliphatic rings. The van der Waals surface area contributed by atoms with Gasteiger partial charge in [-0.2, -0.15) is 8.78 Å². The number of aromatic nitrogens is 5. The second-order valence-corrected chi connectivity index (χ2v) is 6.77. The lowest BCUT2D eigenvalue weighted by Gasteiger charge is -2.07. The fourth-order valence-corrected chi connectivity index (χ4v) is 3.67. The lowest BCUT2D eigenvalue weighted by Crippen LogP contribution is -2.04. The maximum Gasteiger partial charge on any atom is 0.320 e. The molecule has 27 heavy (non-hydrogen) atoms. The first-order valence-electron chi connectivity index (χ1n) is 8.06. The SMILES string of the molecule is Cn1c(SCc2nc3ccccc3n2C(F)F)nnc1-c1ccc(F)cc1. The molecule has 9 heteroatoms. The quantitative estimate of drug-likeness (QED) is 0.466. The molecule has 0 aliphatic carbocycles. The molecule has 0 saturated carbocycles. The van der Waals surface area contributed by atoms with Crippen molar-refractivity contribution in [3.05, 3.63) is 60.2 Å². The molecule has 0 fully saturated rings. The monoisotopic (exact) mass is 389 g/mol. The van der Waals surface area contributed by atoms with E-state index in [1.54, 1.807) is 48.0 Å². The van der Waals surface area contributed by atoms with Crippen molar-refractivity contribution in [2.24, 2.45) is 7.05 Å². The number of benzene rings is 2. The highest BCUT2D eigenvalue weighted by molar-refractivity contribution is 7.98. The summed E-state index contributed by atoms with van der Waals surface area (Å²) in [6.45, 7) is -2.68. The van der Waals surface area contributed by atoms with Gasteiger partial charge in [0.25, 0.3) is 0 Å². The van der Waals surface area contributed by atoms with Crippen molar-refractivity contribution in [3.8, 4) is 11.4 Å². The van der Waals surface area contributed by atoms with Gasteiger partial charge in [-0.15, -0.1) is 10.2 Å². The molecule has 138 valence electrons. The van der Waals surface area contributed by atoms with Crippen LogP contribution in [-0.2, 0) is 12.8 Å². The number of para-hydroxylation sites is 2. The Bertz CT molecular complexity index is 1090. The van der Waals surface area contributed by atoms with Crippen LogP contribution in [0.15, 0.2) is 53.7 Å². The Morgan fingerprint density at radius 3 is 2.52 bits per heavy atom. The standard InChI is InChI=1S/C18H14F3N5S/c1-25-16(11-6-8-12(19)9-7-11)23-24-18(25)27-10-15-22-13-4-2-3-5-14(13)26(15)17(20)21/h2-9,17H,10H2,1H3. The normalized spacial score (nSPS) is 11.6. The van der Waals surface area contributed by atoms with E-state index in [2.05, 4.69) is 15.2 Å². The van der Waals surface area contributed by atoms with Gasteiger partial charge in [0.05, 0.1) is 16.8 Å². The molecule has 0 N–H and O–H groups in total. The van der Waals surface area contributed by atoms with Crippen molar-refractivity contribution >= 4 is 22.8 Å². The van der Waals surface area contributed by atoms with Gasteiger partial charge in [0.15, 0.2) is 11.0 Å². The lowest BCUT2D eigenvalue weighted by atomic mass is 10.2. The van der Waals surface area contributed by atoms with Gasteiger partial charge in [-0.05, 0) is 36.4 Å². The maximum atomic E-state index is 13.5. The average molecular weight is 389 g/mol. The van der Waals surface area contributed by atoms with Gasteiger partial charge in [-0.3, -0.25) is 4.57 Å². The van der Waals surface area contributed by atoms with Crippen molar-refractivity contribution in [3.63, 3.8) is 0 Å². The Morgan fingerprint density at radius 2 is 1.78 bits per heavy atom. The highest BCUT2D eigenvalue weighted by Gasteiger charge is 2.19. The molecule has 2 heterocycles. The Kier molecular flexibility index (Phi) is 4.61. The number of thioether (sulfide) groups is 1. The Balaban J connectivity index is 1.60. The van der Waals surface area contributed by atoms with Crippen LogP contribution < -0.4 is 0 Å². The Hall–Kier alpha value is -2.81. The minimum absolute atomic E-state index is 0.217. The van der Waals surface area contributed by atoms with E-state index in [9.17, 15) is 13.2 Å². The van der Waals surface area contributed by atoms with Crippen molar-refractivity contribution in [1.82, 2.24) is 24.3 Å². The fourth-order valence-electron chi connectivity index (χ4n) is 2.83. The van der Waals surface area contributed by atoms with Gasteiger partial charge in [0.1, 0.15) is 11.6 Å². The molecule has 0 saturated heterocycles. The molecular weight excluding hydrogens is 375 g/mol. The Labute approximate surface area is 156 Å². The van der Waals surface area contributed by atoms with E-state index >= 15 is 0 Å². The van der Waals surface area contributed by atoms with Crippen LogP contribution in [0.2, 0.25) is 0 Å². The summed E-state index contributed by atoms with van der Waals surface area (Å²) >= 11 is 1.26. The van der Waals surface area contributed by atoms with Gasteiger partial charge in [0.2, 0.25) is 0 Å². The predicted octanol–water partition coefficient (Wildman–Crippen LogP) is 4.66. The molecule has 0 atom stereocenters. The van der Waals surface area contributed by atoms with Crippen molar-refractivity contribution in [2.45, 2.75) is 17.5 Å². The molecule has 0 bridgehead atoms. The van der Waals surface area contributed by atoms with Gasteiger partial charge in [-0.25, -0.2) is 9.37 Å². The number of rotatable bonds is 5. The van der Waals surface area contributed by atoms with Gasteiger partial charge >= 0.3 is 6.55 Å². The molecular formula is C18H14F3N5S. The minimum atomic E-state index is -2.68. The molecule has 0 radical (unpaired) electrons. The second-order valence-electron chi connectivity index (χ2n) is 5.83. The number of hydrogen-bond donors (Lipinski definition) is 0. The Morgan fingerprint density at radius 1 is 1.04 bits per heavy atom. The van der Waals surface area contributed by atoms with Gasteiger partial charge < -0.3 is 4.57 Å². The average Bonchev–Trinajstić information content (AvgIpc) is 3.21. The summed E-state index contributed by atoms with van der Waals surface area (Å²) < 4.78 is 42.8. The van der Waals surface area contributed by atoms with Crippen molar-refractivity contribution < 1.29 is 13.2 Å². The van der Waals surface area contributed by atoms with E-state index in [0.717, 1.165) is 10.1 Å². The summed E-state index contributed by atoms with van der Waals surface area (Å²) in [5.74, 6) is 0.720. The molecule has 0 amide bonds. The third-order valence-corrected chi connectivity index (χ3v) is 5.15. The van der Waals surface area contributed by atoms with Gasteiger partial charge in [-0.1, -0.05) is 23.9 Å². The molecule has 0 unspecified atom stereocenters. The van der Waals surface area contributed by atoms with Crippen LogP contribution in [0.4, 0.5) is 13.2 Å². The van der Waals surface area contributed by atoms with Crippen LogP contribution in [0.1, 0.15) is 12.4 Å². The molecule has 0 aliphatic heterocycles. The highest BCUT2D eigenvalue weighted by Crippen LogP contribution is 2.29. The highest BCUT2D eigenvalue weighted by atomic mass is 32.2. The number of imidazole rings is 1. The van der Waals surface area contributed by atoms with E-state index in [1.165, 1.54) is 23.9 Å². The topological polar surface area (TPSA) is 48.5 Å². The van der Waals surface area contributed by atoms with E-state index in [-0.39, 0.29) is 17.4 Å². The van der Waals surface area contributed by atoms with E-state index < -0.39 is 6.55 Å². The summed E-state index contributed by atoms with van der Waals surface area (Å²) in [5, 5.41) is 8.80. The van der Waals surface area contributed by atoms with Crippen LogP contribution in [0, 0.1) is 5.82 Å². The summed E-state index contributed by atoms with van der Waals surface area (Å²) in [6.07, 6.45) is 0. The van der Waals surface area contributed by atoms with Crippen LogP contribution in [0.5, 0.6) is 0 Å². The fraction of sp³-hybridized carbons (Fsp3) is 0.167. The summed E-state index contributed by atoms with van der Waals surface area (Å²) in [4.78, 5) is 4.32.